The van der Waals surface area contributed by atoms with E-state index in [4.69, 9.17) is 26.8 Å². The lowest BCUT2D eigenvalue weighted by atomic mass is 9.34. The van der Waals surface area contributed by atoms with E-state index < -0.39 is 24.8 Å². The maximum Gasteiger partial charge on any atom is 0.270 e. The molecule has 4 aromatic heterocycles. The third-order valence-corrected chi connectivity index (χ3v) is 11.6. The fourth-order valence-corrected chi connectivity index (χ4v) is 9.54. The standard InChI is InChI=1S/C48H24BNO5/c1-2-13-25(14-3-1)50-30-19-8-4-15-26(30)36-37-27-16-5-9-20-31(27)51-44(37)41-47(43(36)50)54-34-23-12-24-35-40(34)49(41)42-45-38(28-17-6-10-21-32(28)52-45)39-29-18-7-11-22-33(29)53-46(39)48(42)55-35/h1-24H/i1D,2D,3D,13D,14D. The molecule has 6 heterocycles. The van der Waals surface area contributed by atoms with Gasteiger partial charge in [-0.2, -0.15) is 0 Å². The number of aromatic nitrogens is 1. The zero-order valence-electron chi connectivity index (χ0n) is 33.5. The van der Waals surface area contributed by atoms with Crippen LogP contribution in [0, 0.1) is 0 Å². The van der Waals surface area contributed by atoms with Crippen molar-refractivity contribution in [3.8, 4) is 28.7 Å². The Hall–Kier alpha value is -7.38. The molecule has 8 aromatic carbocycles. The van der Waals surface area contributed by atoms with Gasteiger partial charge >= 0.3 is 0 Å². The number of para-hydroxylation sites is 5. The predicted octanol–water partition coefficient (Wildman–Crippen LogP) is 11.2. The molecule has 0 spiro atoms. The molecule has 12 aromatic rings. The van der Waals surface area contributed by atoms with Crippen LogP contribution >= 0.6 is 0 Å². The minimum Gasteiger partial charge on any atom is -0.456 e. The zero-order chi connectivity index (χ0) is 39.9. The summed E-state index contributed by atoms with van der Waals surface area (Å²) < 4.78 is 81.2. The first-order valence-corrected chi connectivity index (χ1v) is 18.1. The van der Waals surface area contributed by atoms with Crippen molar-refractivity contribution in [3.05, 3.63) is 145 Å². The highest BCUT2D eigenvalue weighted by Gasteiger charge is 2.47. The van der Waals surface area contributed by atoms with Crippen molar-refractivity contribution in [2.45, 2.75) is 0 Å². The molecule has 0 N–H and O–H groups in total. The first-order chi connectivity index (χ1) is 29.4. The first-order valence-electron chi connectivity index (χ1n) is 20.6. The van der Waals surface area contributed by atoms with Gasteiger partial charge in [-0.05, 0) is 48.5 Å². The molecule has 55 heavy (non-hydrogen) atoms. The van der Waals surface area contributed by atoms with E-state index in [0.717, 1.165) is 54.0 Å². The number of furan rings is 3. The molecule has 14 rings (SSSR count). The highest BCUT2D eigenvalue weighted by Crippen LogP contribution is 2.50. The molecular formula is C48H24BNO5. The molecule has 254 valence electrons. The molecule has 0 aliphatic carbocycles. The molecule has 0 saturated carbocycles. The van der Waals surface area contributed by atoms with Crippen molar-refractivity contribution in [1.82, 2.24) is 4.57 Å². The van der Waals surface area contributed by atoms with Gasteiger partial charge in [-0.3, -0.25) is 0 Å². The van der Waals surface area contributed by atoms with Crippen LogP contribution in [-0.2, 0) is 0 Å². The lowest BCUT2D eigenvalue weighted by molar-refractivity contribution is 0.463. The van der Waals surface area contributed by atoms with E-state index >= 15 is 0 Å². The smallest absolute Gasteiger partial charge is 0.270 e. The van der Waals surface area contributed by atoms with E-state index in [9.17, 15) is 2.74 Å². The minimum atomic E-state index is -0.608. The van der Waals surface area contributed by atoms with E-state index in [1.54, 1.807) is 4.57 Å². The Morgan fingerprint density at radius 2 is 0.964 bits per heavy atom. The highest BCUT2D eigenvalue weighted by molar-refractivity contribution is 7.01. The molecule has 2 aliphatic heterocycles. The van der Waals surface area contributed by atoms with Gasteiger partial charge in [0, 0.05) is 65.2 Å². The minimum absolute atomic E-state index is 0.0146. The van der Waals surface area contributed by atoms with Crippen LogP contribution in [0.2, 0.25) is 0 Å². The summed E-state index contributed by atoms with van der Waals surface area (Å²) in [6.45, 7) is -0.608. The fraction of sp³-hybridized carbons (Fsp3) is 0. The molecule has 0 amide bonds. The van der Waals surface area contributed by atoms with Crippen molar-refractivity contribution < 1.29 is 29.6 Å². The summed E-state index contributed by atoms with van der Waals surface area (Å²) in [6.07, 6.45) is 0. The van der Waals surface area contributed by atoms with Crippen LogP contribution in [-0.4, -0.2) is 11.3 Å². The maximum atomic E-state index is 9.27. The molecule has 0 unspecified atom stereocenters. The molecule has 2 aliphatic rings. The van der Waals surface area contributed by atoms with Crippen LogP contribution in [0.1, 0.15) is 6.85 Å². The van der Waals surface area contributed by atoms with Gasteiger partial charge in [-0.15, -0.1) is 0 Å². The van der Waals surface area contributed by atoms with Crippen LogP contribution in [0.25, 0.3) is 93.3 Å². The van der Waals surface area contributed by atoms with E-state index in [0.29, 0.717) is 73.0 Å². The van der Waals surface area contributed by atoms with E-state index in [1.165, 1.54) is 0 Å². The van der Waals surface area contributed by atoms with E-state index in [1.807, 2.05) is 103 Å². The van der Waals surface area contributed by atoms with Gasteiger partial charge in [-0.25, -0.2) is 0 Å². The summed E-state index contributed by atoms with van der Waals surface area (Å²) in [5.41, 5.74) is 7.31. The average molecular weight is 711 g/mol. The number of fused-ring (bicyclic) bond motifs is 22. The lowest BCUT2D eigenvalue weighted by Crippen LogP contribution is -2.57. The quantitative estimate of drug-likeness (QED) is 0.159. The molecule has 0 saturated heterocycles. The molecule has 0 atom stereocenters. The van der Waals surface area contributed by atoms with Crippen molar-refractivity contribution in [2.75, 3.05) is 0 Å². The molecular weight excluding hydrogens is 681 g/mol. The van der Waals surface area contributed by atoms with Crippen LogP contribution in [0.4, 0.5) is 0 Å². The second kappa shape index (κ2) is 9.78. The average Bonchev–Trinajstić information content (AvgIpc) is 4.04. The first kappa shape index (κ1) is 24.0. The number of hydrogen-bond donors (Lipinski definition) is 0. The number of nitrogens with zero attached hydrogens (tertiary/aromatic N) is 1. The Balaban J connectivity index is 1.25. The normalized spacial score (nSPS) is 14.6. The Morgan fingerprint density at radius 1 is 0.455 bits per heavy atom. The summed E-state index contributed by atoms with van der Waals surface area (Å²) in [5, 5.41) is 6.90. The number of rotatable bonds is 1. The van der Waals surface area contributed by atoms with Crippen molar-refractivity contribution in [1.29, 1.82) is 0 Å². The summed E-state index contributed by atoms with van der Waals surface area (Å²) >= 11 is 0. The van der Waals surface area contributed by atoms with Gasteiger partial charge in [0.15, 0.2) is 17.1 Å². The maximum absolute atomic E-state index is 9.27. The molecule has 7 heteroatoms. The Kier molecular flexibility index (Phi) is 4.27. The van der Waals surface area contributed by atoms with Crippen LogP contribution in [0.15, 0.2) is 159 Å². The number of hydrogen-bond acceptors (Lipinski definition) is 5. The van der Waals surface area contributed by atoms with Gasteiger partial charge in [0.25, 0.3) is 6.71 Å². The largest absolute Gasteiger partial charge is 0.456 e. The Labute approximate surface area is 318 Å². The van der Waals surface area contributed by atoms with Crippen molar-refractivity contribution in [3.63, 3.8) is 0 Å². The summed E-state index contributed by atoms with van der Waals surface area (Å²) in [4.78, 5) is 0. The monoisotopic (exact) mass is 710 g/mol. The van der Waals surface area contributed by atoms with Gasteiger partial charge in [-0.1, -0.05) is 97.0 Å². The van der Waals surface area contributed by atoms with Gasteiger partial charge in [0.05, 0.1) is 17.9 Å². The SMILES string of the molecule is [2H]c1c([2H])c([2H])c(-n2c3ccccc3c3c4c(oc5ccccc54)c4c(c32)Oc2cccc3c2B4c2c(c4oc5ccccc5c4c4c2oc2ccccc24)O3)c([2H])c1[2H]. The molecule has 6 nitrogen and oxygen atoms in total. The Bertz CT molecular complexity index is 3960. The third kappa shape index (κ3) is 3.34. The second-order valence-corrected chi connectivity index (χ2v) is 14.2. The van der Waals surface area contributed by atoms with Gasteiger partial charge in [0.1, 0.15) is 39.4 Å². The fourth-order valence-electron chi connectivity index (χ4n) is 9.54. The summed E-state index contributed by atoms with van der Waals surface area (Å²) in [5.74, 6) is 2.07. The summed E-state index contributed by atoms with van der Waals surface area (Å²) in [6, 6.07) is 35.3. The van der Waals surface area contributed by atoms with Crippen LogP contribution in [0.5, 0.6) is 23.0 Å². The van der Waals surface area contributed by atoms with E-state index in [-0.39, 0.29) is 17.8 Å². The lowest BCUT2D eigenvalue weighted by Gasteiger charge is -2.33. The molecule has 0 radical (unpaired) electrons. The third-order valence-electron chi connectivity index (χ3n) is 11.6. The molecule has 0 fully saturated rings. The number of benzene rings is 8. The van der Waals surface area contributed by atoms with E-state index in [2.05, 4.69) is 12.1 Å². The van der Waals surface area contributed by atoms with Crippen molar-refractivity contribution >= 4 is 111 Å². The zero-order valence-corrected chi connectivity index (χ0v) is 28.5. The van der Waals surface area contributed by atoms with Gasteiger partial charge in [0.2, 0.25) is 0 Å². The Morgan fingerprint density at radius 3 is 1.62 bits per heavy atom. The second-order valence-electron chi connectivity index (χ2n) is 14.2. The highest BCUT2D eigenvalue weighted by atomic mass is 16.5. The summed E-state index contributed by atoms with van der Waals surface area (Å²) in [7, 11) is 0. The topological polar surface area (TPSA) is 62.8 Å². The van der Waals surface area contributed by atoms with Crippen molar-refractivity contribution in [2.24, 2.45) is 0 Å². The van der Waals surface area contributed by atoms with Crippen LogP contribution in [0.3, 0.4) is 0 Å². The number of ether oxygens (including phenoxy) is 2. The van der Waals surface area contributed by atoms with Crippen LogP contribution < -0.4 is 25.9 Å². The predicted molar refractivity (Wildman–Crippen MR) is 220 cm³/mol. The van der Waals surface area contributed by atoms with Gasteiger partial charge < -0.3 is 27.3 Å². The molecule has 0 bridgehead atoms.